The molecule has 2 amide bonds. The van der Waals surface area contributed by atoms with Crippen LogP contribution in [0.4, 0.5) is 21.6 Å². The van der Waals surface area contributed by atoms with Crippen molar-refractivity contribution in [2.24, 2.45) is 7.05 Å². The van der Waals surface area contributed by atoms with Crippen molar-refractivity contribution in [1.29, 1.82) is 0 Å². The molecule has 0 atom stereocenters. The Morgan fingerprint density at radius 3 is 2.27 bits per heavy atom. The maximum atomic E-state index is 15.7. The molecule has 0 unspecified atom stereocenters. The first-order valence-electron chi connectivity index (χ1n) is 14.1. The quantitative estimate of drug-likeness (QED) is 0.184. The Hall–Kier alpha value is -4.87. The highest BCUT2D eigenvalue weighted by Crippen LogP contribution is 2.28. The van der Waals surface area contributed by atoms with Crippen LogP contribution in [-0.2, 0) is 17.2 Å². The van der Waals surface area contributed by atoms with Crippen molar-refractivity contribution >= 4 is 29.0 Å². The average molecular weight is 602 g/mol. The van der Waals surface area contributed by atoms with Gasteiger partial charge in [-0.2, -0.15) is 0 Å². The number of hydrogen-bond donors (Lipinski definition) is 4. The monoisotopic (exact) mass is 601 g/mol. The van der Waals surface area contributed by atoms with Gasteiger partial charge in [-0.3, -0.25) is 14.4 Å². The number of amides is 2. The number of benzene rings is 3. The zero-order valence-electron chi connectivity index (χ0n) is 25.1. The van der Waals surface area contributed by atoms with Crippen LogP contribution in [0.15, 0.2) is 77.7 Å². The van der Waals surface area contributed by atoms with Crippen LogP contribution >= 0.6 is 0 Å². The van der Waals surface area contributed by atoms with E-state index in [2.05, 4.69) is 41.7 Å². The molecule has 1 heterocycles. The van der Waals surface area contributed by atoms with Crippen molar-refractivity contribution in [2.45, 2.75) is 26.2 Å². The third kappa shape index (κ3) is 7.94. The fourth-order valence-corrected chi connectivity index (χ4v) is 4.31. The molecule has 0 saturated carbocycles. The summed E-state index contributed by atoms with van der Waals surface area (Å²) in [6.07, 6.45) is 1.42. The van der Waals surface area contributed by atoms with Gasteiger partial charge in [0.1, 0.15) is 0 Å². The summed E-state index contributed by atoms with van der Waals surface area (Å²) in [4.78, 5) is 42.5. The van der Waals surface area contributed by atoms with E-state index in [4.69, 9.17) is 9.84 Å². The van der Waals surface area contributed by atoms with E-state index in [0.717, 1.165) is 5.56 Å². The van der Waals surface area contributed by atoms with Crippen molar-refractivity contribution in [1.82, 2.24) is 14.9 Å². The van der Waals surface area contributed by atoms with Gasteiger partial charge in [0.2, 0.25) is 0 Å². The molecule has 4 rings (SSSR count). The Morgan fingerprint density at radius 2 is 1.61 bits per heavy atom. The van der Waals surface area contributed by atoms with Crippen LogP contribution in [0.5, 0.6) is 0 Å². The lowest BCUT2D eigenvalue weighted by Crippen LogP contribution is -2.27. The number of hydrogen-bond acceptors (Lipinski definition) is 7. The predicted octanol–water partition coefficient (Wildman–Crippen LogP) is 4.62. The minimum atomic E-state index is -0.693. The Bertz CT molecular complexity index is 1680. The van der Waals surface area contributed by atoms with Crippen LogP contribution in [0.1, 0.15) is 47.1 Å². The smallest absolute Gasteiger partial charge is 0.293 e. The number of rotatable bonds is 11. The molecule has 4 aromatic rings. The highest BCUT2D eigenvalue weighted by Gasteiger charge is 2.18. The van der Waals surface area contributed by atoms with Crippen molar-refractivity contribution in [3.05, 3.63) is 106 Å². The Kier molecular flexibility index (Phi) is 10.2. The largest absolute Gasteiger partial charge is 0.394 e. The Balaban J connectivity index is 1.50. The molecule has 1 aromatic heterocycles. The van der Waals surface area contributed by atoms with E-state index in [-0.39, 0.29) is 60.5 Å². The third-order valence-electron chi connectivity index (χ3n) is 6.78. The molecule has 44 heavy (non-hydrogen) atoms. The molecule has 0 radical (unpaired) electrons. The summed E-state index contributed by atoms with van der Waals surface area (Å²) in [6.45, 7) is 6.92. The number of aromatic nitrogens is 2. The number of ether oxygens (including phenoxy) is 1. The molecule has 0 spiro atoms. The normalized spacial score (nSPS) is 11.2. The molecule has 230 valence electrons. The number of nitrogens with one attached hydrogen (secondary N) is 3. The van der Waals surface area contributed by atoms with E-state index in [1.54, 1.807) is 42.5 Å². The number of aliphatic hydroxyl groups excluding tert-OH is 1. The first kappa shape index (κ1) is 32.1. The van der Waals surface area contributed by atoms with Gasteiger partial charge in [0, 0.05) is 42.2 Å². The van der Waals surface area contributed by atoms with Gasteiger partial charge in [-0.15, -0.1) is 0 Å². The molecule has 0 aliphatic rings. The minimum absolute atomic E-state index is 0.0219. The number of halogens is 1. The van der Waals surface area contributed by atoms with Crippen molar-refractivity contribution < 1.29 is 23.8 Å². The number of carbonyl (C=O) groups is 2. The number of anilines is 3. The zero-order valence-corrected chi connectivity index (χ0v) is 25.1. The molecule has 10 nitrogen and oxygen atoms in total. The van der Waals surface area contributed by atoms with Crippen LogP contribution in [0.2, 0.25) is 0 Å². The van der Waals surface area contributed by atoms with Gasteiger partial charge in [-0.1, -0.05) is 39.0 Å². The van der Waals surface area contributed by atoms with E-state index >= 15 is 4.39 Å². The fourth-order valence-electron chi connectivity index (χ4n) is 4.31. The first-order valence-corrected chi connectivity index (χ1v) is 14.1. The van der Waals surface area contributed by atoms with Gasteiger partial charge in [-0.05, 0) is 59.5 Å². The maximum absolute atomic E-state index is 15.7. The van der Waals surface area contributed by atoms with Crippen LogP contribution in [-0.4, -0.2) is 52.8 Å². The number of carbonyl (C=O) groups excluding carboxylic acids is 2. The van der Waals surface area contributed by atoms with Gasteiger partial charge in [0.05, 0.1) is 31.2 Å². The number of nitrogens with zero attached hydrogens (tertiary/aromatic N) is 2. The second-order valence-corrected chi connectivity index (χ2v) is 11.1. The summed E-state index contributed by atoms with van der Waals surface area (Å²) in [6, 6.07) is 18.2. The molecule has 0 saturated heterocycles. The van der Waals surface area contributed by atoms with Gasteiger partial charge in [0.25, 0.3) is 17.4 Å². The number of aryl methyl sites for hydroxylation is 1. The maximum Gasteiger partial charge on any atom is 0.293 e. The summed E-state index contributed by atoms with van der Waals surface area (Å²) < 4.78 is 22.1. The molecule has 0 aliphatic heterocycles. The van der Waals surface area contributed by atoms with Crippen LogP contribution in [0.25, 0.3) is 11.3 Å². The minimum Gasteiger partial charge on any atom is -0.394 e. The highest BCUT2D eigenvalue weighted by atomic mass is 19.1. The summed E-state index contributed by atoms with van der Waals surface area (Å²) in [5.41, 5.74) is 2.11. The second-order valence-electron chi connectivity index (χ2n) is 11.1. The zero-order chi connectivity index (χ0) is 31.9. The average Bonchev–Trinajstić information content (AvgIpc) is 3.00. The van der Waals surface area contributed by atoms with E-state index in [0.29, 0.717) is 16.8 Å². The van der Waals surface area contributed by atoms with Gasteiger partial charge in [-0.25, -0.2) is 9.37 Å². The molecule has 4 N–H and O–H groups in total. The summed E-state index contributed by atoms with van der Waals surface area (Å²) in [5, 5.41) is 17.0. The molecule has 0 bridgehead atoms. The standard InChI is InChI=1S/C33H36FN5O5/c1-33(2,3)23-12-8-22(9-13-23)31(42)38-26-7-5-6-25(28(26)34)27-20-39(4)32(43)29(37-27)36-24-14-10-21(11-15-24)30(41)35-16-18-44-19-17-40/h5-15,20,40H,16-19H2,1-4H3,(H,35,41)(H,36,37)(H,38,42). The van der Waals surface area contributed by atoms with Crippen molar-refractivity contribution in [2.75, 3.05) is 37.0 Å². The van der Waals surface area contributed by atoms with E-state index < -0.39 is 17.3 Å². The predicted molar refractivity (Wildman–Crippen MR) is 168 cm³/mol. The van der Waals surface area contributed by atoms with Crippen LogP contribution < -0.4 is 21.5 Å². The number of aliphatic hydroxyl groups is 1. The second kappa shape index (κ2) is 14.1. The SMILES string of the molecule is Cn1cc(-c2cccc(NC(=O)c3ccc(C(C)(C)C)cc3)c2F)nc(Nc2ccc(C(=O)NCCOCCO)cc2)c1=O. The Labute approximate surface area is 254 Å². The topological polar surface area (TPSA) is 135 Å². The lowest BCUT2D eigenvalue weighted by Gasteiger charge is -2.19. The molecule has 11 heteroatoms. The van der Waals surface area contributed by atoms with Gasteiger partial charge in [0.15, 0.2) is 11.6 Å². The molecule has 0 aliphatic carbocycles. The molecular formula is C33H36FN5O5. The van der Waals surface area contributed by atoms with E-state index in [9.17, 15) is 14.4 Å². The highest BCUT2D eigenvalue weighted by molar-refractivity contribution is 6.04. The summed E-state index contributed by atoms with van der Waals surface area (Å²) in [7, 11) is 1.53. The summed E-state index contributed by atoms with van der Waals surface area (Å²) in [5.74, 6) is -1.49. The van der Waals surface area contributed by atoms with Gasteiger partial charge < -0.3 is 30.4 Å². The fraction of sp³-hybridized carbons (Fsp3) is 0.273. The van der Waals surface area contributed by atoms with E-state index in [1.807, 2.05) is 12.1 Å². The van der Waals surface area contributed by atoms with Crippen molar-refractivity contribution in [3.63, 3.8) is 0 Å². The lowest BCUT2D eigenvalue weighted by atomic mass is 9.87. The van der Waals surface area contributed by atoms with Crippen LogP contribution in [0.3, 0.4) is 0 Å². The lowest BCUT2D eigenvalue weighted by molar-refractivity contribution is 0.0838. The van der Waals surface area contributed by atoms with Crippen LogP contribution in [0, 0.1) is 5.82 Å². The van der Waals surface area contributed by atoms with Crippen molar-refractivity contribution in [3.8, 4) is 11.3 Å². The van der Waals surface area contributed by atoms with Gasteiger partial charge >= 0.3 is 0 Å². The summed E-state index contributed by atoms with van der Waals surface area (Å²) >= 11 is 0. The molecular weight excluding hydrogens is 565 g/mol. The Morgan fingerprint density at radius 1 is 0.955 bits per heavy atom. The molecule has 3 aromatic carbocycles. The first-order chi connectivity index (χ1) is 21.0. The third-order valence-corrected chi connectivity index (χ3v) is 6.78. The van der Waals surface area contributed by atoms with E-state index in [1.165, 1.54) is 29.9 Å². The molecule has 0 fully saturated rings.